The van der Waals surface area contributed by atoms with E-state index in [1.807, 2.05) is 0 Å². The Morgan fingerprint density at radius 3 is 3.00 bits per heavy atom. The Hall–Kier alpha value is -0.610. The molecule has 1 rings (SSSR count). The first-order valence-corrected chi connectivity index (χ1v) is 4.41. The second-order valence-corrected chi connectivity index (χ2v) is 3.28. The van der Waals surface area contributed by atoms with Crippen LogP contribution in [-0.4, -0.2) is 43.5 Å². The summed E-state index contributed by atoms with van der Waals surface area (Å²) in [6.45, 7) is 1.98. The van der Waals surface area contributed by atoms with Crippen molar-refractivity contribution in [2.24, 2.45) is 5.73 Å². The Kier molecular flexibility index (Phi) is 3.49. The minimum atomic E-state index is -0.0599. The molecule has 1 fully saturated rings. The number of likely N-dealkylation sites (tertiary alicyclic amines) is 1. The molecule has 1 heterocycles. The third kappa shape index (κ3) is 2.46. The van der Waals surface area contributed by atoms with Gasteiger partial charge in [0.05, 0.1) is 6.54 Å². The highest BCUT2D eigenvalue weighted by Crippen LogP contribution is 2.13. The Bertz CT molecular complexity index is 160. The summed E-state index contributed by atoms with van der Waals surface area (Å²) in [5, 5.41) is 2.80. The molecule has 12 heavy (non-hydrogen) atoms. The van der Waals surface area contributed by atoms with Crippen LogP contribution < -0.4 is 11.1 Å². The van der Waals surface area contributed by atoms with Gasteiger partial charge in [-0.25, -0.2) is 0 Å². The number of nitrogens with zero attached hydrogens (tertiary/aromatic N) is 1. The van der Waals surface area contributed by atoms with Crippen LogP contribution in [0.25, 0.3) is 0 Å². The predicted octanol–water partition coefficient (Wildman–Crippen LogP) is -0.844. The molecule has 4 heteroatoms. The van der Waals surface area contributed by atoms with Crippen molar-refractivity contribution < 1.29 is 4.79 Å². The van der Waals surface area contributed by atoms with Gasteiger partial charge in [-0.1, -0.05) is 0 Å². The molecule has 1 aliphatic heterocycles. The minimum Gasteiger partial charge on any atom is -0.353 e. The smallest absolute Gasteiger partial charge is 0.233 e. The summed E-state index contributed by atoms with van der Waals surface area (Å²) in [5.41, 5.74) is 5.17. The zero-order valence-electron chi connectivity index (χ0n) is 7.55. The molecule has 0 unspecified atom stereocenters. The number of likely N-dealkylation sites (N-methyl/N-ethyl adjacent to an activating group) is 1. The third-order valence-electron chi connectivity index (χ3n) is 2.39. The fourth-order valence-electron chi connectivity index (χ4n) is 1.54. The maximum absolute atomic E-state index is 10.8. The van der Waals surface area contributed by atoms with Crippen molar-refractivity contribution in [3.05, 3.63) is 0 Å². The molecule has 0 aromatic rings. The molecule has 0 radical (unpaired) electrons. The van der Waals surface area contributed by atoms with Gasteiger partial charge >= 0.3 is 0 Å². The maximum atomic E-state index is 10.8. The lowest BCUT2D eigenvalue weighted by Crippen LogP contribution is -2.40. The molecule has 4 nitrogen and oxygen atoms in total. The first-order valence-electron chi connectivity index (χ1n) is 4.41. The molecular weight excluding hydrogens is 154 g/mol. The Labute approximate surface area is 73.1 Å². The molecule has 3 N–H and O–H groups in total. The van der Waals surface area contributed by atoms with Crippen LogP contribution in [0.5, 0.6) is 0 Å². The SMILES string of the molecule is CN1CCC[C@H]1CNC(=O)CN. The van der Waals surface area contributed by atoms with E-state index in [0.717, 1.165) is 13.1 Å². The van der Waals surface area contributed by atoms with Crippen molar-refractivity contribution in [2.45, 2.75) is 18.9 Å². The highest BCUT2D eigenvalue weighted by Gasteiger charge is 2.20. The summed E-state index contributed by atoms with van der Waals surface area (Å²) in [7, 11) is 2.09. The average molecular weight is 171 g/mol. The fourth-order valence-corrected chi connectivity index (χ4v) is 1.54. The number of carbonyl (C=O) groups excluding carboxylic acids is 1. The molecular formula is C8H17N3O. The maximum Gasteiger partial charge on any atom is 0.233 e. The summed E-state index contributed by atoms with van der Waals surface area (Å²) < 4.78 is 0. The standard InChI is InChI=1S/C8H17N3O/c1-11-4-2-3-7(11)6-10-8(12)5-9/h7H,2-6,9H2,1H3,(H,10,12)/t7-/m0/s1. The minimum absolute atomic E-state index is 0.0599. The number of hydrogen-bond donors (Lipinski definition) is 2. The van der Waals surface area contributed by atoms with Crippen LogP contribution in [-0.2, 0) is 4.79 Å². The number of nitrogens with one attached hydrogen (secondary N) is 1. The third-order valence-corrected chi connectivity index (χ3v) is 2.39. The summed E-state index contributed by atoms with van der Waals surface area (Å²) >= 11 is 0. The van der Waals surface area contributed by atoms with E-state index in [2.05, 4.69) is 17.3 Å². The molecule has 0 spiro atoms. The second-order valence-electron chi connectivity index (χ2n) is 3.28. The van der Waals surface area contributed by atoms with E-state index in [4.69, 9.17) is 5.73 Å². The van der Waals surface area contributed by atoms with Gasteiger partial charge in [-0.2, -0.15) is 0 Å². The summed E-state index contributed by atoms with van der Waals surface area (Å²) in [6.07, 6.45) is 2.42. The molecule has 0 bridgehead atoms. The summed E-state index contributed by atoms with van der Waals surface area (Å²) in [4.78, 5) is 13.1. The van der Waals surface area contributed by atoms with Gasteiger partial charge < -0.3 is 16.0 Å². The lowest BCUT2D eigenvalue weighted by Gasteiger charge is -2.19. The van der Waals surface area contributed by atoms with Crippen molar-refractivity contribution in [2.75, 3.05) is 26.7 Å². The van der Waals surface area contributed by atoms with Crippen LogP contribution in [0.4, 0.5) is 0 Å². The van der Waals surface area contributed by atoms with E-state index < -0.39 is 0 Å². The van der Waals surface area contributed by atoms with Crippen LogP contribution in [0.15, 0.2) is 0 Å². The van der Waals surface area contributed by atoms with Gasteiger partial charge in [0.2, 0.25) is 5.91 Å². The van der Waals surface area contributed by atoms with Crippen LogP contribution in [0.2, 0.25) is 0 Å². The lowest BCUT2D eigenvalue weighted by molar-refractivity contribution is -0.119. The first kappa shape index (κ1) is 9.48. The highest BCUT2D eigenvalue weighted by atomic mass is 16.1. The van der Waals surface area contributed by atoms with Crippen molar-refractivity contribution >= 4 is 5.91 Å². The van der Waals surface area contributed by atoms with Gasteiger partial charge in [0.25, 0.3) is 0 Å². The molecule has 1 aliphatic rings. The number of rotatable bonds is 3. The van der Waals surface area contributed by atoms with E-state index in [1.54, 1.807) is 0 Å². The van der Waals surface area contributed by atoms with E-state index >= 15 is 0 Å². The van der Waals surface area contributed by atoms with Gasteiger partial charge in [0.1, 0.15) is 0 Å². The lowest BCUT2D eigenvalue weighted by atomic mass is 10.2. The number of hydrogen-bond acceptors (Lipinski definition) is 3. The predicted molar refractivity (Wildman–Crippen MR) is 47.7 cm³/mol. The molecule has 1 atom stereocenters. The van der Waals surface area contributed by atoms with Crippen LogP contribution in [0, 0.1) is 0 Å². The van der Waals surface area contributed by atoms with E-state index in [0.29, 0.717) is 6.04 Å². The Balaban J connectivity index is 2.18. The van der Waals surface area contributed by atoms with E-state index in [1.165, 1.54) is 12.8 Å². The summed E-state index contributed by atoms with van der Waals surface area (Å²) in [6, 6.07) is 0.514. The quantitative estimate of drug-likeness (QED) is 0.582. The molecule has 70 valence electrons. The van der Waals surface area contributed by atoms with Crippen molar-refractivity contribution in [1.82, 2.24) is 10.2 Å². The van der Waals surface area contributed by atoms with E-state index in [-0.39, 0.29) is 12.5 Å². The number of carbonyl (C=O) groups is 1. The summed E-state index contributed by atoms with van der Waals surface area (Å²) in [5.74, 6) is -0.0599. The van der Waals surface area contributed by atoms with Gasteiger partial charge in [0, 0.05) is 12.6 Å². The highest BCUT2D eigenvalue weighted by molar-refractivity contribution is 5.77. The monoisotopic (exact) mass is 171 g/mol. The molecule has 1 amide bonds. The molecule has 1 saturated heterocycles. The van der Waals surface area contributed by atoms with Crippen molar-refractivity contribution in [3.63, 3.8) is 0 Å². The zero-order chi connectivity index (χ0) is 8.97. The topological polar surface area (TPSA) is 58.4 Å². The Morgan fingerprint density at radius 2 is 2.50 bits per heavy atom. The van der Waals surface area contributed by atoms with Gasteiger partial charge in [-0.15, -0.1) is 0 Å². The molecule has 0 saturated carbocycles. The molecule has 0 aromatic heterocycles. The van der Waals surface area contributed by atoms with Crippen LogP contribution in [0.3, 0.4) is 0 Å². The number of amides is 1. The normalized spacial score (nSPS) is 24.3. The van der Waals surface area contributed by atoms with E-state index in [9.17, 15) is 4.79 Å². The van der Waals surface area contributed by atoms with Crippen molar-refractivity contribution in [1.29, 1.82) is 0 Å². The van der Waals surface area contributed by atoms with Gasteiger partial charge in [0.15, 0.2) is 0 Å². The molecule has 0 aromatic carbocycles. The second kappa shape index (κ2) is 4.42. The number of nitrogens with two attached hydrogens (primary N) is 1. The van der Waals surface area contributed by atoms with Crippen LogP contribution in [0.1, 0.15) is 12.8 Å². The Morgan fingerprint density at radius 1 is 1.75 bits per heavy atom. The molecule has 0 aliphatic carbocycles. The zero-order valence-corrected chi connectivity index (χ0v) is 7.55. The van der Waals surface area contributed by atoms with Crippen molar-refractivity contribution in [3.8, 4) is 0 Å². The van der Waals surface area contributed by atoms with Gasteiger partial charge in [-0.3, -0.25) is 4.79 Å². The average Bonchev–Trinajstić information content (AvgIpc) is 2.47. The van der Waals surface area contributed by atoms with Crippen LogP contribution >= 0.6 is 0 Å². The first-order chi connectivity index (χ1) is 5.74. The largest absolute Gasteiger partial charge is 0.353 e. The van der Waals surface area contributed by atoms with Gasteiger partial charge in [-0.05, 0) is 26.4 Å². The fraction of sp³-hybridized carbons (Fsp3) is 0.875.